The molecule has 0 aliphatic carbocycles. The van der Waals surface area contributed by atoms with E-state index in [-0.39, 0.29) is 30.7 Å². The zero-order valence-corrected chi connectivity index (χ0v) is 17.1. The van der Waals surface area contributed by atoms with Gasteiger partial charge < -0.3 is 5.32 Å². The Labute approximate surface area is 169 Å². The Morgan fingerprint density at radius 2 is 1.82 bits per heavy atom. The van der Waals surface area contributed by atoms with Gasteiger partial charge in [0, 0.05) is 29.7 Å². The highest BCUT2D eigenvalue weighted by Gasteiger charge is 2.31. The van der Waals surface area contributed by atoms with Gasteiger partial charge >= 0.3 is 0 Å². The number of carbonyl (C=O) groups is 1. The molecule has 1 amide bonds. The summed E-state index contributed by atoms with van der Waals surface area (Å²) in [5, 5.41) is 3.43. The molecule has 5 nitrogen and oxygen atoms in total. The molecule has 8 heteroatoms. The molecule has 1 saturated heterocycles. The van der Waals surface area contributed by atoms with Crippen molar-refractivity contribution < 1.29 is 17.6 Å². The lowest BCUT2D eigenvalue weighted by Crippen LogP contribution is -2.41. The largest absolute Gasteiger partial charge is 0.326 e. The molecule has 1 heterocycles. The number of rotatable bonds is 5. The van der Waals surface area contributed by atoms with Crippen molar-refractivity contribution >= 4 is 33.2 Å². The van der Waals surface area contributed by atoms with Crippen molar-refractivity contribution in [3.05, 3.63) is 64.4 Å². The maximum absolute atomic E-state index is 13.0. The molecule has 28 heavy (non-hydrogen) atoms. The van der Waals surface area contributed by atoms with Crippen molar-refractivity contribution in [3.8, 4) is 0 Å². The number of sulfonamides is 1. The maximum Gasteiger partial charge on any atom is 0.227 e. The highest BCUT2D eigenvalue weighted by molar-refractivity contribution is 7.88. The van der Waals surface area contributed by atoms with E-state index in [0.29, 0.717) is 29.1 Å². The molecule has 0 spiro atoms. The number of anilines is 1. The van der Waals surface area contributed by atoms with Gasteiger partial charge in [0.25, 0.3) is 0 Å². The second-order valence-electron chi connectivity index (χ2n) is 7.01. The second kappa shape index (κ2) is 8.59. The summed E-state index contributed by atoms with van der Waals surface area (Å²) >= 11 is 6.08. The summed E-state index contributed by atoms with van der Waals surface area (Å²) < 4.78 is 39.6. The van der Waals surface area contributed by atoms with E-state index in [4.69, 9.17) is 11.6 Å². The van der Waals surface area contributed by atoms with Crippen LogP contribution in [0.3, 0.4) is 0 Å². The number of benzene rings is 2. The first-order chi connectivity index (χ1) is 13.2. The Hall–Kier alpha value is -1.96. The van der Waals surface area contributed by atoms with Crippen LogP contribution in [0.5, 0.6) is 0 Å². The van der Waals surface area contributed by atoms with Gasteiger partial charge in [-0.1, -0.05) is 29.8 Å². The van der Waals surface area contributed by atoms with Gasteiger partial charge in [0.05, 0.1) is 5.75 Å². The van der Waals surface area contributed by atoms with Crippen LogP contribution in [0, 0.1) is 18.7 Å². The van der Waals surface area contributed by atoms with Gasteiger partial charge in [-0.3, -0.25) is 4.79 Å². The molecule has 1 aliphatic rings. The van der Waals surface area contributed by atoms with Crippen molar-refractivity contribution in [1.29, 1.82) is 0 Å². The summed E-state index contributed by atoms with van der Waals surface area (Å²) in [5.41, 5.74) is 2.10. The van der Waals surface area contributed by atoms with Crippen LogP contribution in [-0.2, 0) is 20.6 Å². The fraction of sp³-hybridized carbons (Fsp3) is 0.350. The Balaban J connectivity index is 1.56. The van der Waals surface area contributed by atoms with Crippen molar-refractivity contribution in [1.82, 2.24) is 4.31 Å². The smallest absolute Gasteiger partial charge is 0.227 e. The topological polar surface area (TPSA) is 66.5 Å². The molecule has 0 saturated carbocycles. The minimum absolute atomic E-state index is 0.129. The number of carbonyl (C=O) groups excluding carboxylic acids is 1. The standard InChI is InChI=1S/C20H22ClFN2O3S/c1-14-2-7-18(12-19(14)21)23-20(25)16-8-10-24(11-9-16)28(26,27)13-15-3-5-17(22)6-4-15/h2-7,12,16H,8-11,13H2,1H3,(H,23,25). The summed E-state index contributed by atoms with van der Waals surface area (Å²) in [4.78, 5) is 12.5. The van der Waals surface area contributed by atoms with E-state index in [1.165, 1.54) is 28.6 Å². The molecule has 0 radical (unpaired) electrons. The van der Waals surface area contributed by atoms with Crippen LogP contribution in [0.2, 0.25) is 5.02 Å². The fourth-order valence-corrected chi connectivity index (χ4v) is 4.94. The number of halogens is 2. The summed E-state index contributed by atoms with van der Waals surface area (Å²) in [7, 11) is -3.51. The molecule has 2 aromatic rings. The van der Waals surface area contributed by atoms with Gasteiger partial charge in [-0.05, 0) is 55.2 Å². The molecular formula is C20H22ClFN2O3S. The maximum atomic E-state index is 13.0. The molecule has 0 bridgehead atoms. The van der Waals surface area contributed by atoms with E-state index in [2.05, 4.69) is 5.32 Å². The van der Waals surface area contributed by atoms with E-state index in [0.717, 1.165) is 5.56 Å². The zero-order chi connectivity index (χ0) is 20.3. The van der Waals surface area contributed by atoms with Crippen LogP contribution in [0.15, 0.2) is 42.5 Å². The van der Waals surface area contributed by atoms with Gasteiger partial charge in [-0.15, -0.1) is 0 Å². The van der Waals surface area contributed by atoms with E-state index in [9.17, 15) is 17.6 Å². The molecule has 0 atom stereocenters. The number of nitrogens with one attached hydrogen (secondary N) is 1. The molecule has 150 valence electrons. The molecular weight excluding hydrogens is 403 g/mol. The van der Waals surface area contributed by atoms with Crippen LogP contribution in [0.1, 0.15) is 24.0 Å². The Morgan fingerprint density at radius 3 is 2.43 bits per heavy atom. The number of aryl methyl sites for hydroxylation is 1. The molecule has 0 aromatic heterocycles. The summed E-state index contributed by atoms with van der Waals surface area (Å²) in [6.07, 6.45) is 0.905. The Kier molecular flexibility index (Phi) is 6.37. The first kappa shape index (κ1) is 20.8. The average molecular weight is 425 g/mol. The summed E-state index contributed by atoms with van der Waals surface area (Å²) in [6.45, 7) is 2.46. The Bertz CT molecular complexity index is 956. The molecule has 3 rings (SSSR count). The van der Waals surface area contributed by atoms with Crippen molar-refractivity contribution in [2.45, 2.75) is 25.5 Å². The third kappa shape index (κ3) is 5.10. The lowest BCUT2D eigenvalue weighted by atomic mass is 9.97. The number of piperidine rings is 1. The number of hydrogen-bond acceptors (Lipinski definition) is 3. The minimum Gasteiger partial charge on any atom is -0.326 e. The predicted octanol–water partition coefficient (Wildman–Crippen LogP) is 3.97. The molecule has 1 fully saturated rings. The van der Waals surface area contributed by atoms with Crippen LogP contribution in [0.25, 0.3) is 0 Å². The van der Waals surface area contributed by atoms with Gasteiger partial charge in [0.15, 0.2) is 0 Å². The molecule has 0 unspecified atom stereocenters. The average Bonchev–Trinajstić information content (AvgIpc) is 2.66. The quantitative estimate of drug-likeness (QED) is 0.789. The van der Waals surface area contributed by atoms with E-state index < -0.39 is 15.8 Å². The van der Waals surface area contributed by atoms with Gasteiger partial charge in [0.1, 0.15) is 5.82 Å². The highest BCUT2D eigenvalue weighted by Crippen LogP contribution is 2.25. The summed E-state index contributed by atoms with van der Waals surface area (Å²) in [6, 6.07) is 10.8. The minimum atomic E-state index is -3.51. The first-order valence-electron chi connectivity index (χ1n) is 9.04. The third-order valence-corrected chi connectivity index (χ3v) is 7.18. The van der Waals surface area contributed by atoms with Crippen molar-refractivity contribution in [2.24, 2.45) is 5.92 Å². The molecule has 1 N–H and O–H groups in total. The number of hydrogen-bond donors (Lipinski definition) is 1. The van der Waals surface area contributed by atoms with Crippen molar-refractivity contribution in [2.75, 3.05) is 18.4 Å². The zero-order valence-electron chi connectivity index (χ0n) is 15.5. The van der Waals surface area contributed by atoms with Gasteiger partial charge in [-0.25, -0.2) is 17.1 Å². The Morgan fingerprint density at radius 1 is 1.18 bits per heavy atom. The highest BCUT2D eigenvalue weighted by atomic mass is 35.5. The van der Waals surface area contributed by atoms with Crippen LogP contribution >= 0.6 is 11.6 Å². The first-order valence-corrected chi connectivity index (χ1v) is 11.0. The number of amides is 1. The van der Waals surface area contributed by atoms with Gasteiger partial charge in [0.2, 0.25) is 15.9 Å². The van der Waals surface area contributed by atoms with Crippen LogP contribution in [0.4, 0.5) is 10.1 Å². The van der Waals surface area contributed by atoms with E-state index in [1.54, 1.807) is 12.1 Å². The lowest BCUT2D eigenvalue weighted by molar-refractivity contribution is -0.120. The van der Waals surface area contributed by atoms with E-state index >= 15 is 0 Å². The van der Waals surface area contributed by atoms with E-state index in [1.807, 2.05) is 13.0 Å². The predicted molar refractivity (Wildman–Crippen MR) is 108 cm³/mol. The van der Waals surface area contributed by atoms with Crippen molar-refractivity contribution in [3.63, 3.8) is 0 Å². The normalized spacial score (nSPS) is 16.1. The third-order valence-electron chi connectivity index (χ3n) is 4.92. The monoisotopic (exact) mass is 424 g/mol. The van der Waals surface area contributed by atoms with Crippen LogP contribution in [-0.4, -0.2) is 31.7 Å². The fourth-order valence-electron chi connectivity index (χ4n) is 3.19. The van der Waals surface area contributed by atoms with Gasteiger partial charge in [-0.2, -0.15) is 0 Å². The van der Waals surface area contributed by atoms with Crippen LogP contribution < -0.4 is 5.32 Å². The number of nitrogens with zero attached hydrogens (tertiary/aromatic N) is 1. The molecule has 1 aliphatic heterocycles. The summed E-state index contributed by atoms with van der Waals surface area (Å²) in [5.74, 6) is -0.956. The second-order valence-corrected chi connectivity index (χ2v) is 9.39. The lowest BCUT2D eigenvalue weighted by Gasteiger charge is -2.30. The molecule has 2 aromatic carbocycles. The SMILES string of the molecule is Cc1ccc(NC(=O)C2CCN(S(=O)(=O)Cc3ccc(F)cc3)CC2)cc1Cl.